The first-order valence-corrected chi connectivity index (χ1v) is 5.50. The number of benzene rings is 1. The zero-order chi connectivity index (χ0) is 11.7. The van der Waals surface area contributed by atoms with Crippen LogP contribution in [0.3, 0.4) is 0 Å². The highest BCUT2D eigenvalue weighted by atomic mass is 16.7. The Morgan fingerprint density at radius 3 is 2.06 bits per heavy atom. The van der Waals surface area contributed by atoms with Crippen molar-refractivity contribution in [2.75, 3.05) is 0 Å². The van der Waals surface area contributed by atoms with Crippen LogP contribution < -0.4 is 5.46 Å². The van der Waals surface area contributed by atoms with Crippen LogP contribution in [0.1, 0.15) is 31.1 Å². The predicted octanol–water partition coefficient (Wildman–Crippen LogP) is 1.41. The van der Waals surface area contributed by atoms with Gasteiger partial charge in [0.25, 0.3) is 0 Å². The molecule has 2 atom stereocenters. The molecule has 0 spiro atoms. The topological polar surface area (TPSA) is 35.5 Å². The number of rotatable bonds is 2. The molecule has 84 valence electrons. The van der Waals surface area contributed by atoms with E-state index >= 15 is 0 Å². The minimum atomic E-state index is -0.300. The van der Waals surface area contributed by atoms with Crippen molar-refractivity contribution >= 4 is 18.4 Å². The number of carbonyl (C=O) groups is 1. The van der Waals surface area contributed by atoms with E-state index in [1.165, 1.54) is 0 Å². The van der Waals surface area contributed by atoms with Crippen LogP contribution in [0.5, 0.6) is 0 Å². The number of hydrogen-bond donors (Lipinski definition) is 0. The lowest BCUT2D eigenvalue weighted by Crippen LogP contribution is -2.32. The molecule has 0 aliphatic carbocycles. The van der Waals surface area contributed by atoms with Crippen molar-refractivity contribution in [3.8, 4) is 0 Å². The molecule has 1 aromatic carbocycles. The molecule has 16 heavy (non-hydrogen) atoms. The fourth-order valence-electron chi connectivity index (χ4n) is 1.68. The van der Waals surface area contributed by atoms with Gasteiger partial charge in [-0.05, 0) is 26.2 Å². The highest BCUT2D eigenvalue weighted by Gasteiger charge is 2.35. The smallest absolute Gasteiger partial charge is 0.402 e. The van der Waals surface area contributed by atoms with Gasteiger partial charge in [0.15, 0.2) is 5.78 Å². The standard InChI is InChI=1S/C12H15BO3/c1-8(14)11-4-6-12(7-5-11)13-15-9(2)10(3)16-13/h4-7,9-10H,1-3H3. The van der Waals surface area contributed by atoms with Crippen LogP contribution in [0, 0.1) is 0 Å². The third-order valence-corrected chi connectivity index (χ3v) is 2.93. The Morgan fingerprint density at radius 2 is 1.62 bits per heavy atom. The van der Waals surface area contributed by atoms with E-state index in [0.717, 1.165) is 5.46 Å². The van der Waals surface area contributed by atoms with E-state index in [0.29, 0.717) is 5.56 Å². The lowest BCUT2D eigenvalue weighted by Gasteiger charge is -2.05. The van der Waals surface area contributed by atoms with Gasteiger partial charge in [0.2, 0.25) is 0 Å². The van der Waals surface area contributed by atoms with Gasteiger partial charge < -0.3 is 9.31 Å². The van der Waals surface area contributed by atoms with E-state index in [1.54, 1.807) is 19.1 Å². The van der Waals surface area contributed by atoms with Gasteiger partial charge in [0.1, 0.15) is 0 Å². The Morgan fingerprint density at radius 1 is 1.12 bits per heavy atom. The zero-order valence-corrected chi connectivity index (χ0v) is 9.77. The third-order valence-electron chi connectivity index (χ3n) is 2.93. The fourth-order valence-corrected chi connectivity index (χ4v) is 1.68. The fraction of sp³-hybridized carbons (Fsp3) is 0.417. The summed E-state index contributed by atoms with van der Waals surface area (Å²) in [5.74, 6) is 0.0709. The van der Waals surface area contributed by atoms with E-state index in [1.807, 2.05) is 26.0 Å². The van der Waals surface area contributed by atoms with Crippen molar-refractivity contribution in [2.45, 2.75) is 33.0 Å². The summed E-state index contributed by atoms with van der Waals surface area (Å²) >= 11 is 0. The van der Waals surface area contributed by atoms with Crippen LogP contribution in [-0.2, 0) is 9.31 Å². The van der Waals surface area contributed by atoms with Crippen LogP contribution in [0.4, 0.5) is 0 Å². The van der Waals surface area contributed by atoms with Crippen molar-refractivity contribution in [2.24, 2.45) is 0 Å². The van der Waals surface area contributed by atoms with Crippen molar-refractivity contribution in [1.82, 2.24) is 0 Å². The van der Waals surface area contributed by atoms with E-state index in [-0.39, 0.29) is 25.1 Å². The average molecular weight is 218 g/mol. The molecule has 0 bridgehead atoms. The van der Waals surface area contributed by atoms with Crippen molar-refractivity contribution in [3.63, 3.8) is 0 Å². The Hall–Kier alpha value is -1.13. The number of ketones is 1. The summed E-state index contributed by atoms with van der Waals surface area (Å²) in [5.41, 5.74) is 1.67. The van der Waals surface area contributed by atoms with Gasteiger partial charge in [0.05, 0.1) is 12.2 Å². The molecule has 1 saturated heterocycles. The molecule has 0 saturated carbocycles. The lowest BCUT2D eigenvalue weighted by molar-refractivity contribution is 0.101. The minimum absolute atomic E-state index is 0.0709. The molecule has 0 radical (unpaired) electrons. The maximum Gasteiger partial charge on any atom is 0.494 e. The summed E-state index contributed by atoms with van der Waals surface area (Å²) in [6.45, 7) is 5.55. The van der Waals surface area contributed by atoms with E-state index in [9.17, 15) is 4.79 Å². The third kappa shape index (κ3) is 2.18. The quantitative estimate of drug-likeness (QED) is 0.556. The van der Waals surface area contributed by atoms with Gasteiger partial charge in [-0.2, -0.15) is 0 Å². The molecular weight excluding hydrogens is 203 g/mol. The number of Topliss-reactive ketones (excluding diaryl/α,β-unsaturated/α-hetero) is 1. The normalized spacial score (nSPS) is 24.8. The van der Waals surface area contributed by atoms with Gasteiger partial charge in [0, 0.05) is 5.56 Å². The number of hydrogen-bond acceptors (Lipinski definition) is 3. The Kier molecular flexibility index (Phi) is 3.12. The van der Waals surface area contributed by atoms with E-state index in [4.69, 9.17) is 9.31 Å². The van der Waals surface area contributed by atoms with Crippen LogP contribution >= 0.6 is 0 Å². The molecular formula is C12H15BO3. The maximum atomic E-state index is 11.1. The summed E-state index contributed by atoms with van der Waals surface area (Å²) in [5, 5.41) is 0. The van der Waals surface area contributed by atoms with Gasteiger partial charge >= 0.3 is 7.12 Å². The molecule has 1 aliphatic heterocycles. The van der Waals surface area contributed by atoms with Crippen molar-refractivity contribution < 1.29 is 14.1 Å². The molecule has 1 fully saturated rings. The van der Waals surface area contributed by atoms with Gasteiger partial charge in [-0.1, -0.05) is 24.3 Å². The zero-order valence-electron chi connectivity index (χ0n) is 9.77. The molecule has 2 unspecified atom stereocenters. The highest BCUT2D eigenvalue weighted by molar-refractivity contribution is 6.61. The minimum Gasteiger partial charge on any atom is -0.402 e. The second-order valence-electron chi connectivity index (χ2n) is 4.19. The van der Waals surface area contributed by atoms with Crippen LogP contribution in [0.15, 0.2) is 24.3 Å². The number of carbonyl (C=O) groups excluding carboxylic acids is 1. The van der Waals surface area contributed by atoms with Gasteiger partial charge in [-0.3, -0.25) is 4.79 Å². The first kappa shape index (κ1) is 11.4. The van der Waals surface area contributed by atoms with Gasteiger partial charge in [-0.25, -0.2) is 0 Å². The van der Waals surface area contributed by atoms with E-state index < -0.39 is 0 Å². The molecule has 2 rings (SSSR count). The van der Waals surface area contributed by atoms with Gasteiger partial charge in [-0.15, -0.1) is 0 Å². The summed E-state index contributed by atoms with van der Waals surface area (Å²) in [7, 11) is -0.300. The largest absolute Gasteiger partial charge is 0.494 e. The van der Waals surface area contributed by atoms with Crippen LogP contribution in [-0.4, -0.2) is 25.1 Å². The van der Waals surface area contributed by atoms with Crippen molar-refractivity contribution in [3.05, 3.63) is 29.8 Å². The first-order valence-electron chi connectivity index (χ1n) is 5.50. The first-order chi connectivity index (χ1) is 7.58. The molecule has 0 N–H and O–H groups in total. The lowest BCUT2D eigenvalue weighted by atomic mass is 9.79. The molecule has 1 aliphatic rings. The molecule has 1 heterocycles. The highest BCUT2D eigenvalue weighted by Crippen LogP contribution is 2.15. The summed E-state index contributed by atoms with van der Waals surface area (Å²) in [4.78, 5) is 11.1. The Labute approximate surface area is 95.9 Å². The maximum absolute atomic E-state index is 11.1. The second-order valence-corrected chi connectivity index (χ2v) is 4.19. The Bertz CT molecular complexity index is 378. The average Bonchev–Trinajstić information content (AvgIpc) is 2.59. The SMILES string of the molecule is CC(=O)c1ccc(B2OC(C)C(C)O2)cc1. The molecule has 4 heteroatoms. The Balaban J connectivity index is 2.14. The van der Waals surface area contributed by atoms with Crippen LogP contribution in [0.2, 0.25) is 0 Å². The van der Waals surface area contributed by atoms with E-state index in [2.05, 4.69) is 0 Å². The summed E-state index contributed by atoms with van der Waals surface area (Å²) < 4.78 is 11.3. The molecule has 0 amide bonds. The monoisotopic (exact) mass is 218 g/mol. The predicted molar refractivity (Wildman–Crippen MR) is 62.9 cm³/mol. The molecule has 0 aromatic heterocycles. The second kappa shape index (κ2) is 4.40. The molecule has 1 aromatic rings. The summed E-state index contributed by atoms with van der Waals surface area (Å²) in [6, 6.07) is 7.37. The van der Waals surface area contributed by atoms with Crippen molar-refractivity contribution in [1.29, 1.82) is 0 Å². The van der Waals surface area contributed by atoms with Crippen LogP contribution in [0.25, 0.3) is 0 Å². The molecule has 3 nitrogen and oxygen atoms in total. The summed E-state index contributed by atoms with van der Waals surface area (Å²) in [6.07, 6.45) is 0.218.